The Morgan fingerprint density at radius 3 is 0.981 bits per heavy atom. The van der Waals surface area contributed by atoms with Crippen LogP contribution in [0.15, 0.2) is 97.1 Å². The van der Waals surface area contributed by atoms with E-state index in [9.17, 15) is 52.7 Å². The van der Waals surface area contributed by atoms with Gasteiger partial charge >= 0.3 is 50.5 Å². The first-order valence-electron chi connectivity index (χ1n) is 14.5. The molecule has 52 heavy (non-hydrogen) atoms. The number of hydrogen-bond acceptors (Lipinski definition) is 0. The number of hydrogen-bond donors (Lipinski definition) is 0. The van der Waals surface area contributed by atoms with Gasteiger partial charge in [-0.1, -0.05) is 37.1 Å². The number of alkyl halides is 12. The predicted octanol–water partition coefficient (Wildman–Crippen LogP) is 14.1. The number of fused-ring (bicyclic) bond motifs is 2. The molecule has 0 bridgehead atoms. The van der Waals surface area contributed by atoms with Crippen LogP contribution in [-0.2, 0) is 56.0 Å². The molecule has 0 N–H and O–H groups in total. The van der Waals surface area contributed by atoms with E-state index in [0.717, 1.165) is 0 Å². The average molecular weight is 903 g/mol. The van der Waals surface area contributed by atoms with Crippen molar-refractivity contribution >= 4 is 21.5 Å². The van der Waals surface area contributed by atoms with Gasteiger partial charge in [0.25, 0.3) is 0 Å². The van der Waals surface area contributed by atoms with Gasteiger partial charge in [0.05, 0.1) is 22.3 Å². The average Bonchev–Trinajstić information content (AvgIpc) is 3.65. The van der Waals surface area contributed by atoms with Gasteiger partial charge in [-0.25, -0.2) is 0 Å². The molecule has 0 saturated carbocycles. The van der Waals surface area contributed by atoms with E-state index >= 15 is 0 Å². The Morgan fingerprint density at radius 2 is 0.712 bits per heavy atom. The van der Waals surface area contributed by atoms with Crippen LogP contribution >= 0.6 is 0 Å². The van der Waals surface area contributed by atoms with Crippen LogP contribution in [0.5, 0.6) is 0 Å². The van der Waals surface area contributed by atoms with Crippen LogP contribution in [-0.4, -0.2) is 0 Å². The summed E-state index contributed by atoms with van der Waals surface area (Å²) < 4.78 is 163. The first kappa shape index (κ1) is 42.5. The molecule has 0 fully saturated rings. The molecule has 0 aliphatic rings. The minimum Gasteiger partial charge on any atom is -0.358 e. The van der Waals surface area contributed by atoms with Crippen molar-refractivity contribution < 1.29 is 78.5 Å². The van der Waals surface area contributed by atoms with E-state index in [0.29, 0.717) is 56.9 Å². The molecule has 6 aromatic rings. The first-order chi connectivity index (χ1) is 22.5. The molecule has 0 aliphatic carbocycles. The number of benzene rings is 4. The summed E-state index contributed by atoms with van der Waals surface area (Å²) in [4.78, 5) is 0. The van der Waals surface area contributed by atoms with Gasteiger partial charge in [-0.2, -0.15) is 64.8 Å². The monoisotopic (exact) mass is 904 g/mol. The Balaban J connectivity index is 0.00000243. The number of rotatable bonds is 4. The summed E-state index contributed by atoms with van der Waals surface area (Å²) in [6.07, 6.45) is -20.2. The molecule has 0 saturated heterocycles. The van der Waals surface area contributed by atoms with E-state index in [1.807, 2.05) is 0 Å². The minimum atomic E-state index is -5.04. The van der Waals surface area contributed by atoms with Gasteiger partial charge in [-0.15, -0.1) is 69.1 Å². The molecule has 0 radical (unpaired) electrons. The Kier molecular flexibility index (Phi) is 11.6. The third-order valence-corrected chi connectivity index (χ3v) is 8.74. The van der Waals surface area contributed by atoms with E-state index in [1.54, 1.807) is 50.2 Å². The van der Waals surface area contributed by atoms with Gasteiger partial charge in [0, 0.05) is 0 Å². The molecular formula is C39H28F12Hf. The van der Waals surface area contributed by atoms with Crippen molar-refractivity contribution in [2.75, 3.05) is 0 Å². The second-order valence-electron chi connectivity index (χ2n) is 12.3. The zero-order chi connectivity index (χ0) is 35.9. The second kappa shape index (κ2) is 14.2. The van der Waals surface area contributed by atoms with E-state index in [1.165, 1.54) is 24.3 Å². The molecule has 6 aromatic carbocycles. The fourth-order valence-corrected chi connectivity index (χ4v) is 6.08. The van der Waals surface area contributed by atoms with Crippen molar-refractivity contribution in [1.29, 1.82) is 0 Å². The third kappa shape index (κ3) is 8.04. The first-order valence-corrected chi connectivity index (χ1v) is 14.5. The molecule has 0 amide bonds. The molecular weight excluding hydrogens is 875 g/mol. The Bertz CT molecular complexity index is 1980. The van der Waals surface area contributed by atoms with Crippen molar-refractivity contribution in [1.82, 2.24) is 0 Å². The molecule has 272 valence electrons. The van der Waals surface area contributed by atoms with Gasteiger partial charge in [0.1, 0.15) is 0 Å². The van der Waals surface area contributed by atoms with E-state index in [2.05, 4.69) is 0 Å². The zero-order valence-electron chi connectivity index (χ0n) is 27.8. The fourth-order valence-electron chi connectivity index (χ4n) is 6.08. The fraction of sp³-hybridized carbons (Fsp3) is 0.179. The smallest absolute Gasteiger partial charge is 0.358 e. The molecule has 6 rings (SSSR count). The maximum absolute atomic E-state index is 13.6. The van der Waals surface area contributed by atoms with Crippen molar-refractivity contribution in [2.45, 2.75) is 44.0 Å². The van der Waals surface area contributed by atoms with Crippen LogP contribution in [0.4, 0.5) is 52.7 Å². The van der Waals surface area contributed by atoms with Crippen molar-refractivity contribution in [3.05, 3.63) is 145 Å². The third-order valence-electron chi connectivity index (χ3n) is 8.74. The van der Waals surface area contributed by atoms with E-state index in [4.69, 9.17) is 0 Å². The van der Waals surface area contributed by atoms with Gasteiger partial charge < -0.3 is 14.9 Å². The van der Waals surface area contributed by atoms with Crippen LogP contribution in [0.1, 0.15) is 47.2 Å². The van der Waals surface area contributed by atoms with E-state index in [-0.39, 0.29) is 75.1 Å². The molecule has 0 spiro atoms. The van der Waals surface area contributed by atoms with Crippen LogP contribution in [0, 0.1) is 14.9 Å². The Morgan fingerprint density at radius 1 is 0.423 bits per heavy atom. The molecule has 0 aliphatic heterocycles. The molecule has 0 aromatic heterocycles. The van der Waals surface area contributed by atoms with Crippen molar-refractivity contribution in [2.24, 2.45) is 0 Å². The molecule has 0 heterocycles. The van der Waals surface area contributed by atoms with Gasteiger partial charge in [-0.05, 0) is 52.9 Å². The summed E-state index contributed by atoms with van der Waals surface area (Å²) in [6.45, 7) is 3.60. The molecule has 0 unspecified atom stereocenters. The van der Waals surface area contributed by atoms with E-state index < -0.39 is 52.4 Å². The second-order valence-corrected chi connectivity index (χ2v) is 12.3. The van der Waals surface area contributed by atoms with Gasteiger partial charge in [-0.3, -0.25) is 0 Å². The molecule has 0 atom stereocenters. The summed E-state index contributed by atoms with van der Waals surface area (Å²) >= 11 is 0. The largest absolute Gasteiger partial charge is 4.00 e. The van der Waals surface area contributed by atoms with Crippen LogP contribution in [0.2, 0.25) is 0 Å². The summed E-state index contributed by atoms with van der Waals surface area (Å²) in [5.41, 5.74) is -5.77. The molecule has 13 heteroatoms. The van der Waals surface area contributed by atoms with Crippen molar-refractivity contribution in [3.8, 4) is 22.3 Å². The summed E-state index contributed by atoms with van der Waals surface area (Å²) in [5.74, 6) is 0. The predicted molar refractivity (Wildman–Crippen MR) is 175 cm³/mol. The van der Waals surface area contributed by atoms with Gasteiger partial charge in [0.2, 0.25) is 0 Å². The summed E-state index contributed by atoms with van der Waals surface area (Å²) in [5, 5.41) is 1.84. The van der Waals surface area contributed by atoms with Crippen LogP contribution < -0.4 is 0 Å². The van der Waals surface area contributed by atoms with Crippen LogP contribution in [0.25, 0.3) is 43.8 Å². The topological polar surface area (TPSA) is 0 Å². The van der Waals surface area contributed by atoms with Crippen molar-refractivity contribution in [3.63, 3.8) is 0 Å². The van der Waals surface area contributed by atoms with Crippen LogP contribution in [0.3, 0.4) is 0 Å². The summed E-state index contributed by atoms with van der Waals surface area (Å²) in [7, 11) is 0. The maximum atomic E-state index is 13.6. The normalized spacial score (nSPS) is 12.7. The quantitative estimate of drug-likeness (QED) is 0.0939. The minimum absolute atomic E-state index is 0. The zero-order valence-corrected chi connectivity index (χ0v) is 31.4. The van der Waals surface area contributed by atoms with Gasteiger partial charge in [0.15, 0.2) is 0 Å². The number of halogens is 12. The molecule has 0 nitrogen and oxygen atoms in total. The SMILES string of the molecule is CC(C)(c1cc2c(-c3cc(C(F)(F)F)cc(C(F)(F)F)c3)cccc2[cH-]1)c1cc2c(-c3cc(C(F)(F)F)cc(C(F)(F)F)c3)cccc2[cH-]1.[CH3-].[CH3-].[Hf+4]. The Labute approximate surface area is 310 Å². The maximum Gasteiger partial charge on any atom is 4.00 e. The Hall–Kier alpha value is -3.87. The standard InChI is InChI=1S/C37H22F12.2CH3.Hf/c1-33(2,23-9-19-5-3-7-29(31(19)17-23)21-11-25(34(38,39)40)15-26(12-21)35(41,42)43)24-10-20-6-4-8-30(32(20)18-24)22-13-27(36(44,45)46)16-28(14-22)37(47,48)49;;;/h3-18H,1-2H3;2*1H3;/q-2;2*-1;+4. The summed E-state index contributed by atoms with van der Waals surface area (Å²) in [6, 6.07) is 18.7.